The molecule has 0 saturated carbocycles. The lowest BCUT2D eigenvalue weighted by atomic mass is 10.1. The highest BCUT2D eigenvalue weighted by molar-refractivity contribution is 5.96. The summed E-state index contributed by atoms with van der Waals surface area (Å²) in [6.07, 6.45) is 0.644. The zero-order valence-corrected chi connectivity index (χ0v) is 11.1. The van der Waals surface area contributed by atoms with Crippen LogP contribution in [0.4, 0.5) is 0 Å². The van der Waals surface area contributed by atoms with Crippen molar-refractivity contribution in [3.63, 3.8) is 0 Å². The van der Waals surface area contributed by atoms with Gasteiger partial charge in [-0.1, -0.05) is 30.3 Å². The minimum atomic E-state index is -0.132. The van der Waals surface area contributed by atoms with Gasteiger partial charge in [0.15, 0.2) is 11.5 Å². The van der Waals surface area contributed by atoms with Crippen LogP contribution in [0.15, 0.2) is 52.9 Å². The SMILES string of the molecule is CNC(=O)c1ccc2nc(Cc3ccccc3)oc2c1. The maximum Gasteiger partial charge on any atom is 0.251 e. The first-order chi connectivity index (χ1) is 9.76. The van der Waals surface area contributed by atoms with Gasteiger partial charge in [0, 0.05) is 19.0 Å². The molecule has 20 heavy (non-hydrogen) atoms. The highest BCUT2D eigenvalue weighted by Crippen LogP contribution is 2.19. The van der Waals surface area contributed by atoms with E-state index in [4.69, 9.17) is 4.42 Å². The third-order valence-electron chi connectivity index (χ3n) is 3.12. The van der Waals surface area contributed by atoms with Gasteiger partial charge in [0.1, 0.15) is 5.52 Å². The first kappa shape index (κ1) is 12.4. The topological polar surface area (TPSA) is 55.1 Å². The fraction of sp³-hybridized carbons (Fsp3) is 0.125. The average Bonchev–Trinajstić information content (AvgIpc) is 2.88. The second-order valence-corrected chi connectivity index (χ2v) is 4.53. The van der Waals surface area contributed by atoms with Gasteiger partial charge in [-0.15, -0.1) is 0 Å². The predicted molar refractivity (Wildman–Crippen MR) is 76.6 cm³/mol. The monoisotopic (exact) mass is 266 g/mol. The molecule has 1 heterocycles. The van der Waals surface area contributed by atoms with Crippen LogP contribution in [0.5, 0.6) is 0 Å². The summed E-state index contributed by atoms with van der Waals surface area (Å²) in [5.74, 6) is 0.521. The molecule has 0 atom stereocenters. The molecule has 3 aromatic rings. The van der Waals surface area contributed by atoms with E-state index in [1.54, 1.807) is 25.2 Å². The Labute approximate surface area is 116 Å². The Balaban J connectivity index is 1.92. The number of benzene rings is 2. The second-order valence-electron chi connectivity index (χ2n) is 4.53. The predicted octanol–water partition coefficient (Wildman–Crippen LogP) is 2.78. The molecule has 0 aliphatic rings. The van der Waals surface area contributed by atoms with E-state index >= 15 is 0 Å². The maximum absolute atomic E-state index is 11.6. The van der Waals surface area contributed by atoms with Crippen molar-refractivity contribution in [2.45, 2.75) is 6.42 Å². The Bertz CT molecular complexity index is 748. The summed E-state index contributed by atoms with van der Waals surface area (Å²) >= 11 is 0. The number of hydrogen-bond donors (Lipinski definition) is 1. The molecule has 0 bridgehead atoms. The molecule has 100 valence electrons. The van der Waals surface area contributed by atoms with Crippen LogP contribution in [-0.2, 0) is 6.42 Å². The number of aromatic nitrogens is 1. The first-order valence-corrected chi connectivity index (χ1v) is 6.42. The third-order valence-corrected chi connectivity index (χ3v) is 3.12. The van der Waals surface area contributed by atoms with E-state index in [0.29, 0.717) is 23.5 Å². The number of nitrogens with zero attached hydrogens (tertiary/aromatic N) is 1. The van der Waals surface area contributed by atoms with Gasteiger partial charge in [-0.2, -0.15) is 0 Å². The first-order valence-electron chi connectivity index (χ1n) is 6.42. The van der Waals surface area contributed by atoms with Crippen molar-refractivity contribution in [2.24, 2.45) is 0 Å². The summed E-state index contributed by atoms with van der Waals surface area (Å²) in [4.78, 5) is 16.0. The summed E-state index contributed by atoms with van der Waals surface area (Å²) in [6.45, 7) is 0. The summed E-state index contributed by atoms with van der Waals surface area (Å²) in [5.41, 5.74) is 3.12. The minimum Gasteiger partial charge on any atom is -0.440 e. The molecular weight excluding hydrogens is 252 g/mol. The fourth-order valence-corrected chi connectivity index (χ4v) is 2.10. The van der Waals surface area contributed by atoms with Crippen LogP contribution in [0.25, 0.3) is 11.1 Å². The Morgan fingerprint density at radius 1 is 1.20 bits per heavy atom. The largest absolute Gasteiger partial charge is 0.440 e. The lowest BCUT2D eigenvalue weighted by Gasteiger charge is -1.97. The minimum absolute atomic E-state index is 0.132. The highest BCUT2D eigenvalue weighted by Gasteiger charge is 2.10. The molecule has 4 nitrogen and oxygen atoms in total. The molecule has 1 N–H and O–H groups in total. The molecule has 0 unspecified atom stereocenters. The second kappa shape index (κ2) is 5.17. The Morgan fingerprint density at radius 2 is 2.00 bits per heavy atom. The van der Waals surface area contributed by atoms with Crippen molar-refractivity contribution < 1.29 is 9.21 Å². The van der Waals surface area contributed by atoms with Crippen LogP contribution in [0.3, 0.4) is 0 Å². The van der Waals surface area contributed by atoms with E-state index in [-0.39, 0.29) is 5.91 Å². The van der Waals surface area contributed by atoms with Gasteiger partial charge in [0.05, 0.1) is 0 Å². The third kappa shape index (κ3) is 2.40. The number of fused-ring (bicyclic) bond motifs is 1. The Kier molecular flexibility index (Phi) is 3.21. The molecule has 1 aromatic heterocycles. The Hall–Kier alpha value is -2.62. The fourth-order valence-electron chi connectivity index (χ4n) is 2.10. The van der Waals surface area contributed by atoms with E-state index in [1.165, 1.54) is 0 Å². The molecule has 0 aliphatic heterocycles. The Morgan fingerprint density at radius 3 is 2.75 bits per heavy atom. The smallest absolute Gasteiger partial charge is 0.251 e. The van der Waals surface area contributed by atoms with Gasteiger partial charge in [0.2, 0.25) is 0 Å². The van der Waals surface area contributed by atoms with E-state index in [0.717, 1.165) is 11.1 Å². The molecule has 0 spiro atoms. The number of rotatable bonds is 3. The number of hydrogen-bond acceptors (Lipinski definition) is 3. The average molecular weight is 266 g/mol. The van der Waals surface area contributed by atoms with Crippen LogP contribution < -0.4 is 5.32 Å². The molecule has 0 saturated heterocycles. The molecular formula is C16H14N2O2. The molecule has 0 radical (unpaired) electrons. The van der Waals surface area contributed by atoms with Gasteiger partial charge in [-0.3, -0.25) is 4.79 Å². The van der Waals surface area contributed by atoms with Crippen molar-refractivity contribution in [1.82, 2.24) is 10.3 Å². The lowest BCUT2D eigenvalue weighted by molar-refractivity contribution is 0.0963. The summed E-state index contributed by atoms with van der Waals surface area (Å²) < 4.78 is 5.72. The summed E-state index contributed by atoms with van der Waals surface area (Å²) in [5, 5.41) is 2.59. The van der Waals surface area contributed by atoms with Crippen LogP contribution in [0.2, 0.25) is 0 Å². The van der Waals surface area contributed by atoms with Crippen molar-refractivity contribution in [1.29, 1.82) is 0 Å². The lowest BCUT2D eigenvalue weighted by Crippen LogP contribution is -2.17. The van der Waals surface area contributed by atoms with Crippen molar-refractivity contribution in [3.8, 4) is 0 Å². The van der Waals surface area contributed by atoms with Gasteiger partial charge >= 0.3 is 0 Å². The van der Waals surface area contributed by atoms with E-state index in [9.17, 15) is 4.79 Å². The number of amides is 1. The van der Waals surface area contributed by atoms with E-state index in [2.05, 4.69) is 10.3 Å². The van der Waals surface area contributed by atoms with Gasteiger partial charge < -0.3 is 9.73 Å². The van der Waals surface area contributed by atoms with E-state index in [1.807, 2.05) is 30.3 Å². The van der Waals surface area contributed by atoms with Crippen LogP contribution >= 0.6 is 0 Å². The highest BCUT2D eigenvalue weighted by atomic mass is 16.3. The number of carbonyl (C=O) groups is 1. The number of oxazole rings is 1. The molecule has 4 heteroatoms. The van der Waals surface area contributed by atoms with Crippen molar-refractivity contribution in [3.05, 3.63) is 65.5 Å². The zero-order valence-electron chi connectivity index (χ0n) is 11.1. The van der Waals surface area contributed by atoms with Crippen LogP contribution in [0.1, 0.15) is 21.8 Å². The van der Waals surface area contributed by atoms with Crippen molar-refractivity contribution in [2.75, 3.05) is 7.05 Å². The van der Waals surface area contributed by atoms with Crippen LogP contribution in [-0.4, -0.2) is 17.9 Å². The van der Waals surface area contributed by atoms with E-state index < -0.39 is 0 Å². The molecule has 0 fully saturated rings. The number of nitrogens with one attached hydrogen (secondary N) is 1. The van der Waals surface area contributed by atoms with Crippen LogP contribution in [0, 0.1) is 0 Å². The quantitative estimate of drug-likeness (QED) is 0.793. The summed E-state index contributed by atoms with van der Waals surface area (Å²) in [6, 6.07) is 15.3. The van der Waals surface area contributed by atoms with Gasteiger partial charge in [-0.25, -0.2) is 4.98 Å². The van der Waals surface area contributed by atoms with Crippen molar-refractivity contribution >= 4 is 17.0 Å². The standard InChI is InChI=1S/C16H14N2O2/c1-17-16(19)12-7-8-13-14(10-12)20-15(18-13)9-11-5-3-2-4-6-11/h2-8,10H,9H2,1H3,(H,17,19). The molecule has 0 aliphatic carbocycles. The summed E-state index contributed by atoms with van der Waals surface area (Å²) in [7, 11) is 1.60. The molecule has 1 amide bonds. The molecule has 2 aromatic carbocycles. The van der Waals surface area contributed by atoms with Gasteiger partial charge in [-0.05, 0) is 23.8 Å². The zero-order chi connectivity index (χ0) is 13.9. The van der Waals surface area contributed by atoms with Gasteiger partial charge in [0.25, 0.3) is 5.91 Å². The maximum atomic E-state index is 11.6. The normalized spacial score (nSPS) is 10.7. The number of carbonyl (C=O) groups excluding carboxylic acids is 1. The molecule has 3 rings (SSSR count).